The van der Waals surface area contributed by atoms with Crippen molar-refractivity contribution in [3.63, 3.8) is 0 Å². The van der Waals surface area contributed by atoms with Crippen LogP contribution in [0.1, 0.15) is 50.2 Å². The van der Waals surface area contributed by atoms with Crippen LogP contribution in [0.5, 0.6) is 0 Å². The van der Waals surface area contributed by atoms with E-state index in [2.05, 4.69) is 5.32 Å². The molecule has 0 heterocycles. The zero-order valence-corrected chi connectivity index (χ0v) is 20.9. The van der Waals surface area contributed by atoms with Gasteiger partial charge in [0, 0.05) is 28.2 Å². The van der Waals surface area contributed by atoms with Gasteiger partial charge in [-0.1, -0.05) is 78.3 Å². The summed E-state index contributed by atoms with van der Waals surface area (Å²) in [5.74, 6) is -0.363. The standard InChI is InChI=1S/C24H26Cl4N2O2/c1-2-22(24(32)29-16-6-3-4-7-16)30(14-17-18(25)8-5-9-19(17)26)23(31)13-15-10-11-20(27)21(28)12-15/h5,8-12,16,22H,2-4,6-7,13-14H2,1H3,(H,29,32). The molecule has 0 aliphatic heterocycles. The molecule has 0 saturated heterocycles. The topological polar surface area (TPSA) is 49.4 Å². The van der Waals surface area contributed by atoms with E-state index in [1.54, 1.807) is 41.3 Å². The monoisotopic (exact) mass is 514 g/mol. The van der Waals surface area contributed by atoms with Gasteiger partial charge in [0.1, 0.15) is 6.04 Å². The van der Waals surface area contributed by atoms with Crippen LogP contribution in [0.25, 0.3) is 0 Å². The van der Waals surface area contributed by atoms with E-state index in [9.17, 15) is 9.59 Å². The Kier molecular flexibility index (Phi) is 9.13. The molecular weight excluding hydrogens is 490 g/mol. The van der Waals surface area contributed by atoms with Gasteiger partial charge in [0.15, 0.2) is 0 Å². The predicted octanol–water partition coefficient (Wildman–Crippen LogP) is 6.71. The Morgan fingerprint density at radius 3 is 2.25 bits per heavy atom. The highest BCUT2D eigenvalue weighted by Gasteiger charge is 2.31. The Morgan fingerprint density at radius 1 is 1.00 bits per heavy atom. The zero-order valence-electron chi connectivity index (χ0n) is 17.8. The summed E-state index contributed by atoms with van der Waals surface area (Å²) in [6.07, 6.45) is 4.69. The van der Waals surface area contributed by atoms with Gasteiger partial charge in [-0.3, -0.25) is 9.59 Å². The fourth-order valence-corrected chi connectivity index (χ4v) is 4.90. The van der Waals surface area contributed by atoms with Crippen molar-refractivity contribution in [1.82, 2.24) is 10.2 Å². The first-order valence-corrected chi connectivity index (χ1v) is 12.3. The highest BCUT2D eigenvalue weighted by Crippen LogP contribution is 2.28. The van der Waals surface area contributed by atoms with Gasteiger partial charge < -0.3 is 10.2 Å². The zero-order chi connectivity index (χ0) is 23.3. The van der Waals surface area contributed by atoms with Crippen LogP contribution in [0.3, 0.4) is 0 Å². The maximum atomic E-state index is 13.5. The largest absolute Gasteiger partial charge is 0.352 e. The lowest BCUT2D eigenvalue weighted by atomic mass is 10.1. The molecule has 1 N–H and O–H groups in total. The molecule has 3 rings (SSSR count). The molecule has 4 nitrogen and oxygen atoms in total. The lowest BCUT2D eigenvalue weighted by molar-refractivity contribution is -0.141. The summed E-state index contributed by atoms with van der Waals surface area (Å²) in [7, 11) is 0. The van der Waals surface area contributed by atoms with Gasteiger partial charge in [-0.2, -0.15) is 0 Å². The lowest BCUT2D eigenvalue weighted by Gasteiger charge is -2.32. The number of carbonyl (C=O) groups excluding carboxylic acids is 2. The summed E-state index contributed by atoms with van der Waals surface area (Å²) in [6.45, 7) is 2.03. The fraction of sp³-hybridized carbons (Fsp3) is 0.417. The number of nitrogens with zero attached hydrogens (tertiary/aromatic N) is 1. The minimum Gasteiger partial charge on any atom is -0.352 e. The average molecular weight is 516 g/mol. The first kappa shape index (κ1) is 25.2. The van der Waals surface area contributed by atoms with Crippen LogP contribution < -0.4 is 5.32 Å². The highest BCUT2D eigenvalue weighted by molar-refractivity contribution is 6.42. The number of benzene rings is 2. The molecule has 8 heteroatoms. The van der Waals surface area contributed by atoms with Crippen molar-refractivity contribution < 1.29 is 9.59 Å². The van der Waals surface area contributed by atoms with Crippen molar-refractivity contribution >= 4 is 58.2 Å². The van der Waals surface area contributed by atoms with Crippen molar-refractivity contribution in [3.05, 3.63) is 67.6 Å². The van der Waals surface area contributed by atoms with Gasteiger partial charge >= 0.3 is 0 Å². The van der Waals surface area contributed by atoms with Gasteiger partial charge in [0.05, 0.1) is 16.5 Å². The van der Waals surface area contributed by atoms with Crippen LogP contribution in [0.4, 0.5) is 0 Å². The SMILES string of the molecule is CCC(C(=O)NC1CCCC1)N(Cc1c(Cl)cccc1Cl)C(=O)Cc1ccc(Cl)c(Cl)c1. The summed E-state index contributed by atoms with van der Waals surface area (Å²) in [4.78, 5) is 28.2. The van der Waals surface area contributed by atoms with E-state index in [1.807, 2.05) is 6.92 Å². The van der Waals surface area contributed by atoms with Crippen LogP contribution in [-0.4, -0.2) is 28.8 Å². The van der Waals surface area contributed by atoms with Crippen LogP contribution in [0.2, 0.25) is 20.1 Å². The van der Waals surface area contributed by atoms with Gasteiger partial charge in [-0.05, 0) is 49.1 Å². The molecule has 0 bridgehead atoms. The first-order valence-electron chi connectivity index (χ1n) is 10.8. The lowest BCUT2D eigenvalue weighted by Crippen LogP contribution is -2.51. The molecule has 1 atom stereocenters. The third kappa shape index (κ3) is 6.32. The van der Waals surface area contributed by atoms with Crippen molar-refractivity contribution in [1.29, 1.82) is 0 Å². The van der Waals surface area contributed by atoms with E-state index >= 15 is 0 Å². The third-order valence-electron chi connectivity index (χ3n) is 5.82. The minimum atomic E-state index is -0.641. The molecule has 2 aromatic carbocycles. The molecule has 0 radical (unpaired) electrons. The first-order chi connectivity index (χ1) is 15.3. The number of rotatable bonds is 8. The number of halogens is 4. The van der Waals surface area contributed by atoms with Gasteiger partial charge in [0.2, 0.25) is 11.8 Å². The molecule has 172 valence electrons. The summed E-state index contributed by atoms with van der Waals surface area (Å²) < 4.78 is 0. The van der Waals surface area contributed by atoms with Gasteiger partial charge in [-0.25, -0.2) is 0 Å². The van der Waals surface area contributed by atoms with Crippen LogP contribution in [-0.2, 0) is 22.6 Å². The van der Waals surface area contributed by atoms with Crippen molar-refractivity contribution in [2.75, 3.05) is 0 Å². The molecule has 2 amide bonds. The fourth-order valence-electron chi connectivity index (χ4n) is 4.07. The highest BCUT2D eigenvalue weighted by atomic mass is 35.5. The number of carbonyl (C=O) groups is 2. The van der Waals surface area contributed by atoms with Crippen LogP contribution in [0.15, 0.2) is 36.4 Å². The summed E-state index contributed by atoms with van der Waals surface area (Å²) in [5, 5.41) is 4.83. The molecule has 32 heavy (non-hydrogen) atoms. The Morgan fingerprint density at radius 2 is 1.66 bits per heavy atom. The van der Waals surface area contributed by atoms with E-state index in [1.165, 1.54) is 0 Å². The smallest absolute Gasteiger partial charge is 0.243 e. The Hall–Kier alpha value is -1.46. The summed E-state index contributed by atoms with van der Waals surface area (Å²) in [5.41, 5.74) is 1.33. The Bertz CT molecular complexity index is 956. The van der Waals surface area contributed by atoms with E-state index in [0.29, 0.717) is 37.6 Å². The molecule has 1 saturated carbocycles. The molecular formula is C24H26Cl4N2O2. The normalized spacial score (nSPS) is 14.9. The Balaban J connectivity index is 1.88. The van der Waals surface area contributed by atoms with Crippen LogP contribution >= 0.6 is 46.4 Å². The predicted molar refractivity (Wildman–Crippen MR) is 132 cm³/mol. The maximum absolute atomic E-state index is 13.5. The van der Waals surface area contributed by atoms with E-state index in [0.717, 1.165) is 25.7 Å². The molecule has 0 aromatic heterocycles. The molecule has 1 fully saturated rings. The van der Waals surface area contributed by atoms with E-state index in [-0.39, 0.29) is 30.8 Å². The quantitative estimate of drug-likeness (QED) is 0.424. The number of nitrogens with one attached hydrogen (secondary N) is 1. The molecule has 1 unspecified atom stereocenters. The minimum absolute atomic E-state index is 0.0756. The number of hydrogen-bond donors (Lipinski definition) is 1. The summed E-state index contributed by atoms with van der Waals surface area (Å²) in [6, 6.07) is 9.81. The Labute approximate surface area is 209 Å². The second-order valence-electron chi connectivity index (χ2n) is 8.06. The number of amides is 2. The molecule has 2 aromatic rings. The van der Waals surface area contributed by atoms with E-state index in [4.69, 9.17) is 46.4 Å². The van der Waals surface area contributed by atoms with Crippen molar-refractivity contribution in [2.45, 2.75) is 64.1 Å². The average Bonchev–Trinajstić information content (AvgIpc) is 3.25. The van der Waals surface area contributed by atoms with Crippen LogP contribution in [0, 0.1) is 0 Å². The van der Waals surface area contributed by atoms with Gasteiger partial charge in [0.25, 0.3) is 0 Å². The molecule has 0 spiro atoms. The maximum Gasteiger partial charge on any atom is 0.243 e. The van der Waals surface area contributed by atoms with Crippen molar-refractivity contribution in [2.24, 2.45) is 0 Å². The van der Waals surface area contributed by atoms with Gasteiger partial charge in [-0.15, -0.1) is 0 Å². The third-order valence-corrected chi connectivity index (χ3v) is 7.26. The molecule has 1 aliphatic carbocycles. The number of hydrogen-bond acceptors (Lipinski definition) is 2. The summed E-state index contributed by atoms with van der Waals surface area (Å²) >= 11 is 24.9. The molecule has 1 aliphatic rings. The second-order valence-corrected chi connectivity index (χ2v) is 9.69. The van der Waals surface area contributed by atoms with Crippen molar-refractivity contribution in [3.8, 4) is 0 Å². The van der Waals surface area contributed by atoms with E-state index < -0.39 is 6.04 Å². The second kappa shape index (κ2) is 11.6.